The van der Waals surface area contributed by atoms with Crippen LogP contribution < -0.4 is 5.56 Å². The Morgan fingerprint density at radius 1 is 1.35 bits per heavy atom. The maximum absolute atomic E-state index is 12.5. The number of thioether (sulfide) groups is 1. The summed E-state index contributed by atoms with van der Waals surface area (Å²) in [7, 11) is 0. The topological polar surface area (TPSA) is 83.0 Å². The molecule has 3 aromatic rings. The van der Waals surface area contributed by atoms with E-state index >= 15 is 0 Å². The standard InChI is InChI=1S/C16H14N2O3S2/c1-9-12(10-5-3-2-4-6-10)13-14(21)17-16(18-15(13)23-9)22-8-7-11(19)20/h2-6H,7-8H2,1H3,(H,19,20)(H,17,18,21). The fraction of sp³-hybridized carbons (Fsp3) is 0.188. The molecule has 23 heavy (non-hydrogen) atoms. The van der Waals surface area contributed by atoms with Crippen LogP contribution in [-0.4, -0.2) is 26.8 Å². The normalized spacial score (nSPS) is 11.0. The maximum Gasteiger partial charge on any atom is 0.304 e. The van der Waals surface area contributed by atoms with Gasteiger partial charge in [0.15, 0.2) is 5.16 Å². The first-order valence-electron chi connectivity index (χ1n) is 6.99. The van der Waals surface area contributed by atoms with Gasteiger partial charge in [0, 0.05) is 16.2 Å². The molecule has 0 aliphatic rings. The number of nitrogens with one attached hydrogen (secondary N) is 1. The highest BCUT2D eigenvalue weighted by Crippen LogP contribution is 2.35. The molecule has 2 heterocycles. The van der Waals surface area contributed by atoms with Gasteiger partial charge >= 0.3 is 5.97 Å². The van der Waals surface area contributed by atoms with Crippen molar-refractivity contribution in [3.8, 4) is 11.1 Å². The van der Waals surface area contributed by atoms with Crippen molar-refractivity contribution < 1.29 is 9.90 Å². The quantitative estimate of drug-likeness (QED) is 0.545. The van der Waals surface area contributed by atoms with Crippen molar-refractivity contribution in [3.05, 3.63) is 45.6 Å². The Kier molecular flexibility index (Phi) is 4.49. The van der Waals surface area contributed by atoms with Gasteiger partial charge < -0.3 is 10.1 Å². The molecule has 3 rings (SSSR count). The van der Waals surface area contributed by atoms with Crippen LogP contribution in [0.3, 0.4) is 0 Å². The molecule has 0 radical (unpaired) electrons. The van der Waals surface area contributed by atoms with E-state index in [2.05, 4.69) is 9.97 Å². The molecule has 7 heteroatoms. The lowest BCUT2D eigenvalue weighted by Crippen LogP contribution is -2.09. The summed E-state index contributed by atoms with van der Waals surface area (Å²) in [5.41, 5.74) is 1.73. The van der Waals surface area contributed by atoms with Crippen LogP contribution in [0.5, 0.6) is 0 Å². The summed E-state index contributed by atoms with van der Waals surface area (Å²) in [5.74, 6) is -0.487. The monoisotopic (exact) mass is 346 g/mol. The van der Waals surface area contributed by atoms with Gasteiger partial charge in [0.1, 0.15) is 4.83 Å². The van der Waals surface area contributed by atoms with Crippen LogP contribution in [0.25, 0.3) is 21.3 Å². The Labute approximate surface area is 140 Å². The molecule has 0 spiro atoms. The van der Waals surface area contributed by atoms with Crippen LogP contribution >= 0.6 is 23.1 Å². The van der Waals surface area contributed by atoms with Crippen LogP contribution in [0.15, 0.2) is 40.3 Å². The minimum atomic E-state index is -0.862. The van der Waals surface area contributed by atoms with Gasteiger partial charge in [0.05, 0.1) is 11.8 Å². The molecule has 0 saturated carbocycles. The Morgan fingerprint density at radius 3 is 2.78 bits per heavy atom. The zero-order chi connectivity index (χ0) is 16.4. The van der Waals surface area contributed by atoms with Crippen LogP contribution in [0.2, 0.25) is 0 Å². The van der Waals surface area contributed by atoms with Crippen LogP contribution in [0, 0.1) is 6.92 Å². The predicted molar refractivity (Wildman–Crippen MR) is 93.4 cm³/mol. The third-order valence-electron chi connectivity index (χ3n) is 3.33. The average molecular weight is 346 g/mol. The zero-order valence-electron chi connectivity index (χ0n) is 12.3. The van der Waals surface area contributed by atoms with E-state index < -0.39 is 5.97 Å². The molecule has 2 aromatic heterocycles. The summed E-state index contributed by atoms with van der Waals surface area (Å²) in [6.07, 6.45) is 0.0329. The van der Waals surface area contributed by atoms with Crippen molar-refractivity contribution in [2.24, 2.45) is 0 Å². The lowest BCUT2D eigenvalue weighted by Gasteiger charge is -2.02. The Balaban J connectivity index is 2.04. The molecule has 0 bridgehead atoms. The second-order valence-corrected chi connectivity index (χ2v) is 7.23. The largest absolute Gasteiger partial charge is 0.481 e. The van der Waals surface area contributed by atoms with Gasteiger partial charge in [0.2, 0.25) is 0 Å². The van der Waals surface area contributed by atoms with Gasteiger partial charge in [-0.2, -0.15) is 0 Å². The number of aromatic amines is 1. The Morgan fingerprint density at radius 2 is 2.09 bits per heavy atom. The molecule has 0 amide bonds. The molecular formula is C16H14N2O3S2. The number of hydrogen-bond acceptors (Lipinski definition) is 5. The van der Waals surface area contributed by atoms with Gasteiger partial charge in [-0.3, -0.25) is 9.59 Å². The lowest BCUT2D eigenvalue weighted by molar-refractivity contribution is -0.136. The minimum absolute atomic E-state index is 0.0329. The Bertz CT molecular complexity index is 916. The van der Waals surface area contributed by atoms with Crippen molar-refractivity contribution in [2.75, 3.05) is 5.75 Å². The fourth-order valence-electron chi connectivity index (χ4n) is 2.36. The number of benzene rings is 1. The van der Waals surface area contributed by atoms with E-state index in [9.17, 15) is 9.59 Å². The number of nitrogens with zero attached hydrogens (tertiary/aromatic N) is 1. The maximum atomic E-state index is 12.5. The summed E-state index contributed by atoms with van der Waals surface area (Å²) in [5, 5.41) is 9.74. The van der Waals surface area contributed by atoms with Gasteiger partial charge in [0.25, 0.3) is 5.56 Å². The number of aromatic nitrogens is 2. The molecule has 0 atom stereocenters. The molecule has 0 saturated heterocycles. The first-order valence-corrected chi connectivity index (χ1v) is 8.80. The number of rotatable bonds is 5. The molecular weight excluding hydrogens is 332 g/mol. The van der Waals surface area contributed by atoms with Crippen LogP contribution in [0.1, 0.15) is 11.3 Å². The van der Waals surface area contributed by atoms with E-state index in [4.69, 9.17) is 5.11 Å². The van der Waals surface area contributed by atoms with Gasteiger partial charge in [-0.1, -0.05) is 42.1 Å². The summed E-state index contributed by atoms with van der Waals surface area (Å²) in [4.78, 5) is 32.0. The zero-order valence-corrected chi connectivity index (χ0v) is 14.0. The highest BCUT2D eigenvalue weighted by atomic mass is 32.2. The molecule has 1 aromatic carbocycles. The summed E-state index contributed by atoms with van der Waals surface area (Å²) in [6, 6.07) is 9.77. The molecule has 2 N–H and O–H groups in total. The summed E-state index contributed by atoms with van der Waals surface area (Å²) in [6.45, 7) is 1.98. The van der Waals surface area contributed by atoms with Crippen molar-refractivity contribution in [2.45, 2.75) is 18.5 Å². The SMILES string of the molecule is Cc1sc2nc(SCCC(=O)O)[nH]c(=O)c2c1-c1ccccc1. The number of carboxylic acids is 1. The number of aliphatic carboxylic acids is 1. The first-order chi connectivity index (χ1) is 11.1. The number of carboxylic acid groups (broad SMARTS) is 1. The molecule has 0 unspecified atom stereocenters. The number of fused-ring (bicyclic) bond motifs is 1. The Hall–Kier alpha value is -2.12. The second kappa shape index (κ2) is 6.55. The number of aryl methyl sites for hydroxylation is 1. The first kappa shape index (κ1) is 15.8. The van der Waals surface area contributed by atoms with Gasteiger partial charge in [-0.05, 0) is 12.5 Å². The van der Waals surface area contributed by atoms with Crippen molar-refractivity contribution in [1.29, 1.82) is 0 Å². The number of carbonyl (C=O) groups is 1. The second-order valence-electron chi connectivity index (χ2n) is 4.94. The van der Waals surface area contributed by atoms with Gasteiger partial charge in [-0.25, -0.2) is 4.98 Å². The van der Waals surface area contributed by atoms with Crippen molar-refractivity contribution in [1.82, 2.24) is 9.97 Å². The molecule has 118 valence electrons. The lowest BCUT2D eigenvalue weighted by atomic mass is 10.0. The van der Waals surface area contributed by atoms with E-state index in [0.29, 0.717) is 21.1 Å². The third-order valence-corrected chi connectivity index (χ3v) is 5.21. The molecule has 0 aliphatic heterocycles. The van der Waals surface area contributed by atoms with E-state index in [1.54, 1.807) is 0 Å². The van der Waals surface area contributed by atoms with E-state index in [1.165, 1.54) is 23.1 Å². The van der Waals surface area contributed by atoms with Crippen molar-refractivity contribution in [3.63, 3.8) is 0 Å². The highest BCUT2D eigenvalue weighted by molar-refractivity contribution is 7.99. The third kappa shape index (κ3) is 3.30. The predicted octanol–water partition coefficient (Wildman–Crippen LogP) is 3.53. The average Bonchev–Trinajstić information content (AvgIpc) is 2.84. The molecule has 0 aliphatic carbocycles. The number of thiophene rings is 1. The van der Waals surface area contributed by atoms with Crippen molar-refractivity contribution >= 4 is 39.3 Å². The van der Waals surface area contributed by atoms with Crippen LogP contribution in [-0.2, 0) is 4.79 Å². The van der Waals surface area contributed by atoms with Crippen LogP contribution in [0.4, 0.5) is 0 Å². The van der Waals surface area contributed by atoms with E-state index in [0.717, 1.165) is 16.0 Å². The fourth-order valence-corrected chi connectivity index (χ4v) is 4.25. The van der Waals surface area contributed by atoms with Gasteiger partial charge in [-0.15, -0.1) is 11.3 Å². The number of H-pyrrole nitrogens is 1. The summed E-state index contributed by atoms with van der Waals surface area (Å²) >= 11 is 2.73. The molecule has 0 fully saturated rings. The van der Waals surface area contributed by atoms with E-state index in [-0.39, 0.29) is 12.0 Å². The minimum Gasteiger partial charge on any atom is -0.481 e. The number of hydrogen-bond donors (Lipinski definition) is 2. The van der Waals surface area contributed by atoms with E-state index in [1.807, 2.05) is 37.3 Å². The highest BCUT2D eigenvalue weighted by Gasteiger charge is 2.16. The smallest absolute Gasteiger partial charge is 0.304 e. The molecule has 5 nitrogen and oxygen atoms in total. The summed E-state index contributed by atoms with van der Waals surface area (Å²) < 4.78 is 0.